The number of aliphatic hydroxyl groups excluding tert-OH is 1. The van der Waals surface area contributed by atoms with Crippen LogP contribution in [0.5, 0.6) is 5.75 Å². The third-order valence-electron chi connectivity index (χ3n) is 1.69. The van der Waals surface area contributed by atoms with E-state index in [1.165, 1.54) is 0 Å². The number of benzene rings is 1. The number of ether oxygens (including phenoxy) is 1. The Morgan fingerprint density at radius 3 is 2.46 bits per heavy atom. The van der Waals surface area contributed by atoms with Crippen molar-refractivity contribution in [2.75, 3.05) is 7.11 Å². The number of aliphatic hydroxyl groups is 1. The van der Waals surface area contributed by atoms with Crippen molar-refractivity contribution < 1.29 is 9.84 Å². The van der Waals surface area contributed by atoms with Crippen molar-refractivity contribution in [1.29, 1.82) is 0 Å². The quantitative estimate of drug-likeness (QED) is 0.908. The van der Waals surface area contributed by atoms with E-state index in [4.69, 9.17) is 4.74 Å². The Bertz CT molecular complexity index is 311. The van der Waals surface area contributed by atoms with E-state index >= 15 is 0 Å². The molecule has 0 amide bonds. The predicted molar refractivity (Wildman–Crippen MR) is 59.0 cm³/mol. The molecule has 0 bridgehead atoms. The lowest BCUT2D eigenvalue weighted by atomic mass is 10.1. The molecule has 1 aromatic carbocycles. The highest BCUT2D eigenvalue weighted by molar-refractivity contribution is 9.11. The van der Waals surface area contributed by atoms with Crippen molar-refractivity contribution >= 4 is 31.9 Å². The molecule has 0 heterocycles. The van der Waals surface area contributed by atoms with Crippen molar-refractivity contribution in [3.05, 3.63) is 26.6 Å². The van der Waals surface area contributed by atoms with Crippen LogP contribution >= 0.6 is 31.9 Å². The van der Waals surface area contributed by atoms with Crippen LogP contribution in [0.15, 0.2) is 21.1 Å². The van der Waals surface area contributed by atoms with E-state index in [-0.39, 0.29) is 0 Å². The average molecular weight is 310 g/mol. The van der Waals surface area contributed by atoms with E-state index in [2.05, 4.69) is 31.9 Å². The Kier molecular flexibility index (Phi) is 3.76. The highest BCUT2D eigenvalue weighted by atomic mass is 79.9. The number of halogens is 2. The molecule has 0 fully saturated rings. The standard InChI is InChI=1S/C9H10Br2O2/c1-5(12)7-3-6(10)4-8(11)9(7)13-2/h3-5,12H,1-2H3. The number of hydrogen-bond acceptors (Lipinski definition) is 2. The molecule has 0 radical (unpaired) electrons. The first kappa shape index (κ1) is 11.0. The maximum Gasteiger partial charge on any atom is 0.138 e. The van der Waals surface area contributed by atoms with E-state index in [0.717, 1.165) is 14.5 Å². The summed E-state index contributed by atoms with van der Waals surface area (Å²) in [6.45, 7) is 1.71. The molecule has 0 spiro atoms. The first-order chi connectivity index (χ1) is 6.06. The third-order valence-corrected chi connectivity index (χ3v) is 2.74. The molecule has 0 aliphatic carbocycles. The SMILES string of the molecule is COc1c(Br)cc(Br)cc1C(C)O. The third kappa shape index (κ3) is 2.45. The second-order valence-corrected chi connectivity index (χ2v) is 4.46. The summed E-state index contributed by atoms with van der Waals surface area (Å²) < 4.78 is 6.91. The Hall–Kier alpha value is -0.0600. The molecule has 1 N–H and O–H groups in total. The summed E-state index contributed by atoms with van der Waals surface area (Å²) in [5, 5.41) is 9.46. The van der Waals surface area contributed by atoms with Gasteiger partial charge in [0.25, 0.3) is 0 Å². The zero-order chi connectivity index (χ0) is 10.0. The lowest BCUT2D eigenvalue weighted by Gasteiger charge is -2.13. The van der Waals surface area contributed by atoms with Crippen LogP contribution < -0.4 is 4.74 Å². The first-order valence-electron chi connectivity index (χ1n) is 3.77. The number of hydrogen-bond donors (Lipinski definition) is 1. The summed E-state index contributed by atoms with van der Waals surface area (Å²) in [7, 11) is 1.58. The second-order valence-electron chi connectivity index (χ2n) is 2.69. The van der Waals surface area contributed by atoms with Crippen molar-refractivity contribution in [2.45, 2.75) is 13.0 Å². The zero-order valence-corrected chi connectivity index (χ0v) is 10.5. The minimum atomic E-state index is -0.538. The molecular formula is C9H10Br2O2. The van der Waals surface area contributed by atoms with Crippen LogP contribution in [0.25, 0.3) is 0 Å². The van der Waals surface area contributed by atoms with Crippen molar-refractivity contribution in [3.63, 3.8) is 0 Å². The van der Waals surface area contributed by atoms with E-state index in [1.807, 2.05) is 12.1 Å². The highest BCUT2D eigenvalue weighted by Crippen LogP contribution is 2.35. The molecule has 0 saturated heterocycles. The molecule has 0 aromatic heterocycles. The lowest BCUT2D eigenvalue weighted by molar-refractivity contribution is 0.194. The van der Waals surface area contributed by atoms with E-state index in [1.54, 1.807) is 14.0 Å². The average Bonchev–Trinajstić information content (AvgIpc) is 2.02. The van der Waals surface area contributed by atoms with Crippen LogP contribution in [0, 0.1) is 0 Å². The van der Waals surface area contributed by atoms with Crippen LogP contribution in [0.3, 0.4) is 0 Å². The van der Waals surface area contributed by atoms with Crippen molar-refractivity contribution in [2.24, 2.45) is 0 Å². The smallest absolute Gasteiger partial charge is 0.138 e. The Labute approximate surface area is 94.2 Å². The number of rotatable bonds is 2. The molecule has 0 saturated carbocycles. The second kappa shape index (κ2) is 4.44. The summed E-state index contributed by atoms with van der Waals surface area (Å²) >= 11 is 6.71. The minimum absolute atomic E-state index is 0.538. The largest absolute Gasteiger partial charge is 0.495 e. The fourth-order valence-corrected chi connectivity index (χ4v) is 2.53. The summed E-state index contributed by atoms with van der Waals surface area (Å²) in [4.78, 5) is 0. The Balaban J connectivity index is 3.29. The van der Waals surface area contributed by atoms with Crippen molar-refractivity contribution in [1.82, 2.24) is 0 Å². The van der Waals surface area contributed by atoms with Crippen LogP contribution in [-0.4, -0.2) is 12.2 Å². The van der Waals surface area contributed by atoms with Gasteiger partial charge in [-0.1, -0.05) is 15.9 Å². The monoisotopic (exact) mass is 308 g/mol. The van der Waals surface area contributed by atoms with Gasteiger partial charge in [0.2, 0.25) is 0 Å². The number of methoxy groups -OCH3 is 1. The van der Waals surface area contributed by atoms with Gasteiger partial charge in [0.05, 0.1) is 17.7 Å². The van der Waals surface area contributed by atoms with Gasteiger partial charge in [-0.2, -0.15) is 0 Å². The zero-order valence-electron chi connectivity index (χ0n) is 7.34. The fourth-order valence-electron chi connectivity index (χ4n) is 1.11. The maximum absolute atomic E-state index is 9.46. The summed E-state index contributed by atoms with van der Waals surface area (Å²) in [6.07, 6.45) is -0.538. The molecule has 2 nitrogen and oxygen atoms in total. The fraction of sp³-hybridized carbons (Fsp3) is 0.333. The molecule has 4 heteroatoms. The molecule has 1 atom stereocenters. The summed E-state index contributed by atoms with van der Waals surface area (Å²) in [5.41, 5.74) is 0.767. The van der Waals surface area contributed by atoms with Crippen LogP contribution in [-0.2, 0) is 0 Å². The van der Waals surface area contributed by atoms with Crippen LogP contribution in [0.4, 0.5) is 0 Å². The van der Waals surface area contributed by atoms with Gasteiger partial charge in [-0.05, 0) is 35.0 Å². The molecule has 13 heavy (non-hydrogen) atoms. The van der Waals surface area contributed by atoms with E-state index in [0.29, 0.717) is 5.75 Å². The van der Waals surface area contributed by atoms with Gasteiger partial charge in [-0.25, -0.2) is 0 Å². The molecule has 72 valence electrons. The normalized spacial score (nSPS) is 12.7. The Morgan fingerprint density at radius 2 is 2.00 bits per heavy atom. The van der Waals surface area contributed by atoms with Crippen LogP contribution in [0.1, 0.15) is 18.6 Å². The van der Waals surface area contributed by atoms with Gasteiger partial charge in [0.15, 0.2) is 0 Å². The van der Waals surface area contributed by atoms with E-state index in [9.17, 15) is 5.11 Å². The molecule has 0 aliphatic rings. The van der Waals surface area contributed by atoms with Gasteiger partial charge < -0.3 is 9.84 Å². The summed E-state index contributed by atoms with van der Waals surface area (Å²) in [5.74, 6) is 0.679. The predicted octanol–water partition coefficient (Wildman–Crippen LogP) is 3.27. The highest BCUT2D eigenvalue weighted by Gasteiger charge is 2.12. The van der Waals surface area contributed by atoms with E-state index < -0.39 is 6.10 Å². The molecule has 1 rings (SSSR count). The van der Waals surface area contributed by atoms with Gasteiger partial charge in [-0.3, -0.25) is 0 Å². The Morgan fingerprint density at radius 1 is 1.38 bits per heavy atom. The topological polar surface area (TPSA) is 29.5 Å². The molecule has 1 aromatic rings. The van der Waals surface area contributed by atoms with Crippen molar-refractivity contribution in [3.8, 4) is 5.75 Å². The van der Waals surface area contributed by atoms with Crippen LogP contribution in [0.2, 0.25) is 0 Å². The lowest BCUT2D eigenvalue weighted by Crippen LogP contribution is -1.97. The molecular weight excluding hydrogens is 300 g/mol. The van der Waals surface area contributed by atoms with Gasteiger partial charge in [0, 0.05) is 10.0 Å². The molecule has 1 unspecified atom stereocenters. The molecule has 0 aliphatic heterocycles. The first-order valence-corrected chi connectivity index (χ1v) is 5.36. The van der Waals surface area contributed by atoms with Gasteiger partial charge in [-0.15, -0.1) is 0 Å². The maximum atomic E-state index is 9.46. The summed E-state index contributed by atoms with van der Waals surface area (Å²) in [6, 6.07) is 3.72. The van der Waals surface area contributed by atoms with Gasteiger partial charge >= 0.3 is 0 Å². The van der Waals surface area contributed by atoms with Gasteiger partial charge in [0.1, 0.15) is 5.75 Å². The minimum Gasteiger partial charge on any atom is -0.495 e.